The van der Waals surface area contributed by atoms with Crippen LogP contribution in [0.1, 0.15) is 24.4 Å². The standard InChI is InChI=1S/C13H18N4O2/c1-9(14-2)12-16-17-13(19-12)15-11-7-5-4-6-10(11)8-18-3/h4-7,9,14H,8H2,1-3H3,(H,15,17). The molecule has 2 N–H and O–H groups in total. The lowest BCUT2D eigenvalue weighted by molar-refractivity contribution is 0.185. The van der Waals surface area contributed by atoms with E-state index in [1.807, 2.05) is 38.2 Å². The molecule has 0 aliphatic rings. The van der Waals surface area contributed by atoms with E-state index in [0.29, 0.717) is 18.5 Å². The van der Waals surface area contributed by atoms with Gasteiger partial charge in [-0.15, -0.1) is 5.10 Å². The van der Waals surface area contributed by atoms with Crippen LogP contribution in [0.5, 0.6) is 0 Å². The fourth-order valence-corrected chi connectivity index (χ4v) is 1.62. The maximum absolute atomic E-state index is 5.54. The van der Waals surface area contributed by atoms with E-state index in [1.165, 1.54) is 0 Å². The van der Waals surface area contributed by atoms with Gasteiger partial charge in [0.2, 0.25) is 5.89 Å². The molecule has 0 aliphatic carbocycles. The predicted octanol–water partition coefficient (Wildman–Crippen LogP) is 2.24. The van der Waals surface area contributed by atoms with Gasteiger partial charge >= 0.3 is 6.01 Å². The van der Waals surface area contributed by atoms with Crippen LogP contribution >= 0.6 is 0 Å². The topological polar surface area (TPSA) is 72.2 Å². The van der Waals surface area contributed by atoms with E-state index in [4.69, 9.17) is 9.15 Å². The molecule has 0 saturated carbocycles. The highest BCUT2D eigenvalue weighted by atomic mass is 16.5. The summed E-state index contributed by atoms with van der Waals surface area (Å²) < 4.78 is 10.7. The number of ether oxygens (including phenoxy) is 1. The van der Waals surface area contributed by atoms with Gasteiger partial charge < -0.3 is 19.8 Å². The van der Waals surface area contributed by atoms with Crippen molar-refractivity contribution in [3.63, 3.8) is 0 Å². The van der Waals surface area contributed by atoms with E-state index in [1.54, 1.807) is 7.11 Å². The molecule has 102 valence electrons. The van der Waals surface area contributed by atoms with Crippen LogP contribution < -0.4 is 10.6 Å². The molecule has 0 saturated heterocycles. The number of anilines is 2. The average molecular weight is 262 g/mol. The first-order valence-electron chi connectivity index (χ1n) is 6.09. The van der Waals surface area contributed by atoms with E-state index in [9.17, 15) is 0 Å². The van der Waals surface area contributed by atoms with E-state index in [0.717, 1.165) is 11.3 Å². The Morgan fingerprint density at radius 3 is 2.84 bits per heavy atom. The Morgan fingerprint density at radius 1 is 1.32 bits per heavy atom. The molecule has 1 aromatic heterocycles. The summed E-state index contributed by atoms with van der Waals surface area (Å²) in [4.78, 5) is 0. The lowest BCUT2D eigenvalue weighted by Crippen LogP contribution is -2.12. The smallest absolute Gasteiger partial charge is 0.320 e. The Balaban J connectivity index is 2.14. The molecular weight excluding hydrogens is 244 g/mol. The molecule has 6 nitrogen and oxygen atoms in total. The monoisotopic (exact) mass is 262 g/mol. The Morgan fingerprint density at radius 2 is 2.11 bits per heavy atom. The Kier molecular flexibility index (Phi) is 4.48. The van der Waals surface area contributed by atoms with Crippen LogP contribution in [-0.4, -0.2) is 24.4 Å². The first-order chi connectivity index (χ1) is 9.24. The molecule has 0 bridgehead atoms. The quantitative estimate of drug-likeness (QED) is 0.831. The molecule has 2 rings (SSSR count). The fourth-order valence-electron chi connectivity index (χ4n) is 1.62. The Hall–Kier alpha value is -1.92. The molecule has 0 fully saturated rings. The van der Waals surface area contributed by atoms with Crippen LogP contribution in [0.2, 0.25) is 0 Å². The van der Waals surface area contributed by atoms with Gasteiger partial charge in [-0.2, -0.15) is 0 Å². The summed E-state index contributed by atoms with van der Waals surface area (Å²) in [5, 5.41) is 14.1. The number of benzene rings is 1. The van der Waals surface area contributed by atoms with Gasteiger partial charge in [-0.3, -0.25) is 0 Å². The minimum atomic E-state index is 0.0252. The summed E-state index contributed by atoms with van der Waals surface area (Å²) in [6.07, 6.45) is 0. The molecule has 1 heterocycles. The molecule has 0 aliphatic heterocycles. The maximum Gasteiger partial charge on any atom is 0.320 e. The Bertz CT molecular complexity index is 527. The van der Waals surface area contributed by atoms with Crippen molar-refractivity contribution in [3.8, 4) is 0 Å². The first-order valence-corrected chi connectivity index (χ1v) is 6.09. The highest BCUT2D eigenvalue weighted by Gasteiger charge is 2.12. The maximum atomic E-state index is 5.54. The van der Waals surface area contributed by atoms with Crippen LogP contribution in [0.3, 0.4) is 0 Å². The van der Waals surface area contributed by atoms with Crippen LogP contribution in [0.4, 0.5) is 11.7 Å². The normalized spacial score (nSPS) is 12.4. The molecule has 6 heteroatoms. The van der Waals surface area contributed by atoms with Crippen molar-refractivity contribution in [1.82, 2.24) is 15.5 Å². The highest BCUT2D eigenvalue weighted by molar-refractivity contribution is 5.57. The van der Waals surface area contributed by atoms with Gasteiger partial charge in [0.05, 0.1) is 12.6 Å². The van der Waals surface area contributed by atoms with E-state index < -0.39 is 0 Å². The molecule has 0 amide bonds. The van der Waals surface area contributed by atoms with Gasteiger partial charge in [0.15, 0.2) is 0 Å². The fraction of sp³-hybridized carbons (Fsp3) is 0.385. The third-order valence-electron chi connectivity index (χ3n) is 2.80. The Labute approximate surface area is 112 Å². The van der Waals surface area contributed by atoms with Crippen molar-refractivity contribution < 1.29 is 9.15 Å². The number of nitrogens with zero attached hydrogens (tertiary/aromatic N) is 2. The predicted molar refractivity (Wildman–Crippen MR) is 72.2 cm³/mol. The van der Waals surface area contributed by atoms with Gasteiger partial charge in [-0.1, -0.05) is 23.3 Å². The molecular formula is C13H18N4O2. The SMILES string of the molecule is CNC(C)c1nnc(Nc2ccccc2COC)o1. The number of methoxy groups -OCH3 is 1. The molecule has 2 aromatic rings. The molecule has 19 heavy (non-hydrogen) atoms. The largest absolute Gasteiger partial charge is 0.406 e. The third kappa shape index (κ3) is 3.30. The lowest BCUT2D eigenvalue weighted by Gasteiger charge is -2.08. The molecule has 1 aromatic carbocycles. The van der Waals surface area contributed by atoms with Gasteiger partial charge in [-0.25, -0.2) is 0 Å². The number of aromatic nitrogens is 2. The summed E-state index contributed by atoms with van der Waals surface area (Å²) in [6.45, 7) is 2.48. The van der Waals surface area contributed by atoms with Crippen molar-refractivity contribution >= 4 is 11.7 Å². The summed E-state index contributed by atoms with van der Waals surface area (Å²) >= 11 is 0. The summed E-state index contributed by atoms with van der Waals surface area (Å²) in [5.74, 6) is 0.550. The zero-order valence-corrected chi connectivity index (χ0v) is 11.3. The molecule has 0 spiro atoms. The molecule has 0 radical (unpaired) electrons. The van der Waals surface area contributed by atoms with Crippen molar-refractivity contribution in [3.05, 3.63) is 35.7 Å². The molecule has 1 atom stereocenters. The highest BCUT2D eigenvalue weighted by Crippen LogP contribution is 2.21. The second kappa shape index (κ2) is 6.31. The van der Waals surface area contributed by atoms with E-state index in [2.05, 4.69) is 20.8 Å². The van der Waals surface area contributed by atoms with Crippen molar-refractivity contribution in [1.29, 1.82) is 0 Å². The second-order valence-electron chi connectivity index (χ2n) is 4.17. The van der Waals surface area contributed by atoms with E-state index >= 15 is 0 Å². The van der Waals surface area contributed by atoms with Gasteiger partial charge in [0.1, 0.15) is 0 Å². The second-order valence-corrected chi connectivity index (χ2v) is 4.17. The number of rotatable bonds is 6. The van der Waals surface area contributed by atoms with Gasteiger partial charge in [-0.05, 0) is 20.0 Å². The number of hydrogen-bond donors (Lipinski definition) is 2. The zero-order chi connectivity index (χ0) is 13.7. The number of para-hydroxylation sites is 1. The lowest BCUT2D eigenvalue weighted by atomic mass is 10.2. The number of nitrogens with one attached hydrogen (secondary N) is 2. The van der Waals surface area contributed by atoms with Gasteiger partial charge in [0, 0.05) is 18.4 Å². The average Bonchev–Trinajstić information content (AvgIpc) is 2.89. The van der Waals surface area contributed by atoms with Crippen LogP contribution in [0.25, 0.3) is 0 Å². The summed E-state index contributed by atoms with van der Waals surface area (Å²) in [6, 6.07) is 8.23. The third-order valence-corrected chi connectivity index (χ3v) is 2.80. The van der Waals surface area contributed by atoms with E-state index in [-0.39, 0.29) is 6.04 Å². The van der Waals surface area contributed by atoms with Crippen molar-refractivity contribution in [2.45, 2.75) is 19.6 Å². The number of hydrogen-bond acceptors (Lipinski definition) is 6. The molecule has 1 unspecified atom stereocenters. The minimum absolute atomic E-state index is 0.0252. The van der Waals surface area contributed by atoms with Gasteiger partial charge in [0.25, 0.3) is 0 Å². The summed E-state index contributed by atoms with van der Waals surface area (Å²) in [7, 11) is 3.51. The van der Waals surface area contributed by atoms with Crippen LogP contribution in [-0.2, 0) is 11.3 Å². The zero-order valence-electron chi connectivity index (χ0n) is 11.3. The minimum Gasteiger partial charge on any atom is -0.406 e. The van der Waals surface area contributed by atoms with Crippen LogP contribution in [0, 0.1) is 0 Å². The van der Waals surface area contributed by atoms with Crippen molar-refractivity contribution in [2.75, 3.05) is 19.5 Å². The first kappa shape index (κ1) is 13.5. The van der Waals surface area contributed by atoms with Crippen LogP contribution in [0.15, 0.2) is 28.7 Å². The van der Waals surface area contributed by atoms with Crippen molar-refractivity contribution in [2.24, 2.45) is 0 Å². The summed E-state index contributed by atoms with van der Waals surface area (Å²) in [5.41, 5.74) is 1.93.